The average Bonchev–Trinajstić information content (AvgIpc) is 2.74. The summed E-state index contributed by atoms with van der Waals surface area (Å²) in [6.07, 6.45) is 6.78. The molecule has 0 saturated carbocycles. The number of fused-ring (bicyclic) bond motifs is 2. The second-order valence-corrected chi connectivity index (χ2v) is 5.92. The van der Waals surface area contributed by atoms with Crippen LogP contribution in [0.5, 0.6) is 11.6 Å². The molecule has 27 heavy (non-hydrogen) atoms. The van der Waals surface area contributed by atoms with Gasteiger partial charge in [-0.05, 0) is 36.4 Å². The minimum Gasteiger partial charge on any atom is -0.438 e. The van der Waals surface area contributed by atoms with Gasteiger partial charge in [0.2, 0.25) is 5.88 Å². The van der Waals surface area contributed by atoms with E-state index in [2.05, 4.69) is 24.9 Å². The van der Waals surface area contributed by atoms with Gasteiger partial charge in [0.25, 0.3) is 0 Å². The second-order valence-electron chi connectivity index (χ2n) is 5.92. The highest BCUT2D eigenvalue weighted by molar-refractivity contribution is 5.85. The fourth-order valence-corrected chi connectivity index (χ4v) is 2.87. The minimum atomic E-state index is 0.489. The smallest absolute Gasteiger partial charge is 0.230 e. The molecule has 0 unspecified atom stereocenters. The van der Waals surface area contributed by atoms with Crippen molar-refractivity contribution in [2.24, 2.45) is 0 Å². The highest BCUT2D eigenvalue weighted by Gasteiger charge is 2.12. The summed E-state index contributed by atoms with van der Waals surface area (Å²) in [6.45, 7) is 0. The minimum absolute atomic E-state index is 0.489. The van der Waals surface area contributed by atoms with E-state index in [1.807, 2.05) is 54.6 Å². The third-order valence-electron chi connectivity index (χ3n) is 4.14. The van der Waals surface area contributed by atoms with Crippen molar-refractivity contribution >= 4 is 21.9 Å². The molecule has 6 nitrogen and oxygen atoms in total. The van der Waals surface area contributed by atoms with Crippen LogP contribution in [0, 0.1) is 0 Å². The number of hydrogen-bond acceptors (Lipinski definition) is 6. The van der Waals surface area contributed by atoms with Gasteiger partial charge in [-0.2, -0.15) is 4.98 Å². The van der Waals surface area contributed by atoms with E-state index in [1.165, 1.54) is 0 Å². The maximum absolute atomic E-state index is 6.12. The molecule has 0 saturated heterocycles. The Labute approximate surface area is 154 Å². The Morgan fingerprint density at radius 1 is 0.704 bits per heavy atom. The van der Waals surface area contributed by atoms with E-state index in [9.17, 15) is 0 Å². The van der Waals surface area contributed by atoms with Crippen LogP contribution >= 0.6 is 0 Å². The van der Waals surface area contributed by atoms with Gasteiger partial charge < -0.3 is 4.74 Å². The molecule has 0 aliphatic rings. The average molecular weight is 351 g/mol. The van der Waals surface area contributed by atoms with E-state index >= 15 is 0 Å². The molecule has 0 bridgehead atoms. The Hall–Kier alpha value is -3.93. The predicted octanol–water partition coefficient (Wildman–Crippen LogP) is 4.43. The lowest BCUT2D eigenvalue weighted by molar-refractivity contribution is 0.469. The van der Waals surface area contributed by atoms with Gasteiger partial charge >= 0.3 is 0 Å². The maximum atomic E-state index is 6.12. The first kappa shape index (κ1) is 15.3. The molecule has 2 aromatic carbocycles. The molecule has 3 aromatic heterocycles. The fraction of sp³-hybridized carbons (Fsp3) is 0. The summed E-state index contributed by atoms with van der Waals surface area (Å²) in [5.74, 6) is 1.70. The van der Waals surface area contributed by atoms with Gasteiger partial charge in [-0.25, -0.2) is 4.98 Å². The molecular weight excluding hydrogens is 338 g/mol. The molecule has 0 aliphatic carbocycles. The molecule has 0 fully saturated rings. The summed E-state index contributed by atoms with van der Waals surface area (Å²) in [6, 6.07) is 17.1. The van der Waals surface area contributed by atoms with Gasteiger partial charge in [-0.3, -0.25) is 15.0 Å². The van der Waals surface area contributed by atoms with Crippen LogP contribution in [0.2, 0.25) is 0 Å². The van der Waals surface area contributed by atoms with Gasteiger partial charge in [0.15, 0.2) is 5.82 Å². The van der Waals surface area contributed by atoms with Gasteiger partial charge in [-0.1, -0.05) is 12.1 Å². The van der Waals surface area contributed by atoms with E-state index in [0.29, 0.717) is 17.5 Å². The second kappa shape index (κ2) is 6.42. The van der Waals surface area contributed by atoms with Gasteiger partial charge in [0.1, 0.15) is 5.75 Å². The van der Waals surface area contributed by atoms with Crippen molar-refractivity contribution in [3.05, 3.63) is 79.4 Å². The van der Waals surface area contributed by atoms with Crippen molar-refractivity contribution in [3.63, 3.8) is 0 Å². The first-order valence-electron chi connectivity index (χ1n) is 8.43. The van der Waals surface area contributed by atoms with Crippen LogP contribution in [-0.2, 0) is 0 Å². The Morgan fingerprint density at radius 3 is 2.48 bits per heavy atom. The van der Waals surface area contributed by atoms with Crippen LogP contribution in [0.4, 0.5) is 0 Å². The number of benzene rings is 2. The van der Waals surface area contributed by atoms with Crippen LogP contribution in [0.3, 0.4) is 0 Å². The Balaban J connectivity index is 1.64. The zero-order valence-electron chi connectivity index (χ0n) is 14.1. The number of aromatic nitrogens is 5. The number of rotatable bonds is 3. The predicted molar refractivity (Wildman–Crippen MR) is 102 cm³/mol. The quantitative estimate of drug-likeness (QED) is 0.479. The summed E-state index contributed by atoms with van der Waals surface area (Å²) in [5, 5.41) is 0.837. The van der Waals surface area contributed by atoms with Crippen LogP contribution < -0.4 is 4.74 Å². The lowest BCUT2D eigenvalue weighted by Crippen LogP contribution is -1.96. The van der Waals surface area contributed by atoms with Gasteiger partial charge in [0.05, 0.1) is 21.9 Å². The molecule has 0 N–H and O–H groups in total. The van der Waals surface area contributed by atoms with E-state index < -0.39 is 0 Å². The van der Waals surface area contributed by atoms with Crippen LogP contribution in [-0.4, -0.2) is 24.9 Å². The first-order valence-corrected chi connectivity index (χ1v) is 8.43. The summed E-state index contributed by atoms with van der Waals surface area (Å²) in [4.78, 5) is 22.0. The fourth-order valence-electron chi connectivity index (χ4n) is 2.87. The molecule has 5 aromatic rings. The molecule has 3 heterocycles. The van der Waals surface area contributed by atoms with E-state index in [1.54, 1.807) is 24.8 Å². The van der Waals surface area contributed by atoms with Crippen LogP contribution in [0.25, 0.3) is 33.3 Å². The third-order valence-corrected chi connectivity index (χ3v) is 4.14. The number of para-hydroxylation sites is 1. The number of pyridine rings is 1. The third kappa shape index (κ3) is 2.93. The van der Waals surface area contributed by atoms with E-state index in [-0.39, 0.29) is 0 Å². The lowest BCUT2D eigenvalue weighted by atomic mass is 10.2. The van der Waals surface area contributed by atoms with Crippen molar-refractivity contribution in [2.75, 3.05) is 0 Å². The molecule has 0 aliphatic heterocycles. The first-order chi connectivity index (χ1) is 13.4. The molecule has 0 atom stereocenters. The number of hydrogen-bond donors (Lipinski definition) is 0. The highest BCUT2D eigenvalue weighted by atomic mass is 16.5. The van der Waals surface area contributed by atoms with Gasteiger partial charge in [0, 0.05) is 36.4 Å². The number of nitrogens with zero attached hydrogens (tertiary/aromatic N) is 5. The number of ether oxygens (including phenoxy) is 1. The molecule has 0 amide bonds. The zero-order valence-corrected chi connectivity index (χ0v) is 14.1. The van der Waals surface area contributed by atoms with Crippen molar-refractivity contribution < 1.29 is 4.74 Å². The largest absolute Gasteiger partial charge is 0.438 e. The topological polar surface area (TPSA) is 73.7 Å². The molecular formula is C21H13N5O. The van der Waals surface area contributed by atoms with Crippen LogP contribution in [0.15, 0.2) is 79.4 Å². The molecule has 0 radical (unpaired) electrons. The summed E-state index contributed by atoms with van der Waals surface area (Å²) in [7, 11) is 0. The highest BCUT2D eigenvalue weighted by Crippen LogP contribution is 2.30. The molecule has 0 spiro atoms. The Morgan fingerprint density at radius 2 is 1.59 bits per heavy atom. The van der Waals surface area contributed by atoms with E-state index in [4.69, 9.17) is 4.74 Å². The van der Waals surface area contributed by atoms with Crippen molar-refractivity contribution in [3.8, 4) is 23.0 Å². The molecule has 6 heteroatoms. The normalized spacial score (nSPS) is 11.0. The van der Waals surface area contributed by atoms with Crippen LogP contribution in [0.1, 0.15) is 0 Å². The Kier molecular flexibility index (Phi) is 3.65. The molecule has 5 rings (SSSR count). The van der Waals surface area contributed by atoms with Gasteiger partial charge in [-0.15, -0.1) is 0 Å². The standard InChI is InChI=1S/C21H13N5O/c1-2-6-17-16(5-1)21(26-20(25-17)14-4-3-9-22-13-14)27-15-7-8-18-19(12-15)24-11-10-23-18/h1-13H. The lowest BCUT2D eigenvalue weighted by Gasteiger charge is -2.10. The SMILES string of the molecule is c1cncc(-c2nc(Oc3ccc4nccnc4c3)c3ccccc3n2)c1. The zero-order chi connectivity index (χ0) is 18.1. The van der Waals surface area contributed by atoms with Crippen molar-refractivity contribution in [2.45, 2.75) is 0 Å². The molecule has 128 valence electrons. The van der Waals surface area contributed by atoms with E-state index in [0.717, 1.165) is 27.5 Å². The summed E-state index contributed by atoms with van der Waals surface area (Å²) in [5.41, 5.74) is 3.22. The summed E-state index contributed by atoms with van der Waals surface area (Å²) >= 11 is 0. The monoisotopic (exact) mass is 351 g/mol. The van der Waals surface area contributed by atoms with Crippen molar-refractivity contribution in [1.82, 2.24) is 24.9 Å². The Bertz CT molecular complexity index is 1260. The summed E-state index contributed by atoms with van der Waals surface area (Å²) < 4.78 is 6.12. The van der Waals surface area contributed by atoms with Crippen molar-refractivity contribution in [1.29, 1.82) is 0 Å². The maximum Gasteiger partial charge on any atom is 0.230 e.